The van der Waals surface area contributed by atoms with Crippen molar-refractivity contribution in [1.82, 2.24) is 0 Å². The molecule has 4 N–H and O–H groups in total. The third kappa shape index (κ3) is 3.25. The summed E-state index contributed by atoms with van der Waals surface area (Å²) in [6.07, 6.45) is 0. The third-order valence-corrected chi connectivity index (χ3v) is 2.87. The number of anilines is 1. The smallest absolute Gasteiger partial charge is 0.244 e. The van der Waals surface area contributed by atoms with Crippen LogP contribution in [0.15, 0.2) is 48.5 Å². The van der Waals surface area contributed by atoms with Crippen LogP contribution in [0, 0.1) is 6.92 Å². The van der Waals surface area contributed by atoms with Crippen LogP contribution in [0.3, 0.4) is 0 Å². The van der Waals surface area contributed by atoms with Gasteiger partial charge in [0.1, 0.15) is 11.8 Å². The van der Waals surface area contributed by atoms with E-state index in [1.54, 1.807) is 12.1 Å². The highest BCUT2D eigenvalue weighted by Crippen LogP contribution is 2.21. The minimum absolute atomic E-state index is 0.155. The third-order valence-electron chi connectivity index (χ3n) is 2.87. The quantitative estimate of drug-likeness (QED) is 0.786. The highest BCUT2D eigenvalue weighted by molar-refractivity contribution is 5.84. The van der Waals surface area contributed by atoms with Gasteiger partial charge in [-0.1, -0.05) is 29.8 Å². The summed E-state index contributed by atoms with van der Waals surface area (Å²) in [6.45, 7) is 2.00. The highest BCUT2D eigenvalue weighted by atomic mass is 16.3. The number of rotatable bonds is 4. The van der Waals surface area contributed by atoms with Crippen LogP contribution < -0.4 is 11.1 Å². The lowest BCUT2D eigenvalue weighted by atomic mass is 10.1. The number of aryl methyl sites for hydroxylation is 1. The number of hydrogen-bond acceptors (Lipinski definition) is 3. The van der Waals surface area contributed by atoms with E-state index in [9.17, 15) is 9.90 Å². The Bertz CT molecular complexity index is 562. The molecule has 19 heavy (non-hydrogen) atoms. The number of nitrogens with one attached hydrogen (secondary N) is 1. The van der Waals surface area contributed by atoms with Gasteiger partial charge < -0.3 is 16.2 Å². The molecule has 2 rings (SSSR count). The van der Waals surface area contributed by atoms with Crippen molar-refractivity contribution in [2.75, 3.05) is 5.32 Å². The van der Waals surface area contributed by atoms with E-state index >= 15 is 0 Å². The van der Waals surface area contributed by atoms with E-state index in [0.29, 0.717) is 5.56 Å². The standard InChI is InChI=1S/C15H16N2O2/c1-10-2-6-12(7-3-10)17-14(15(16)19)11-4-8-13(18)9-5-11/h2-9,14,17-18H,1H3,(H2,16,19). The topological polar surface area (TPSA) is 75.3 Å². The monoisotopic (exact) mass is 256 g/mol. The zero-order chi connectivity index (χ0) is 13.8. The van der Waals surface area contributed by atoms with Crippen molar-refractivity contribution in [1.29, 1.82) is 0 Å². The molecular weight excluding hydrogens is 240 g/mol. The second-order valence-electron chi connectivity index (χ2n) is 4.44. The lowest BCUT2D eigenvalue weighted by Gasteiger charge is -2.17. The molecule has 0 aromatic heterocycles. The number of amides is 1. The molecule has 0 aliphatic heterocycles. The zero-order valence-electron chi connectivity index (χ0n) is 10.6. The molecule has 1 amide bonds. The fourth-order valence-electron chi connectivity index (χ4n) is 1.80. The number of phenols is 1. The predicted octanol–water partition coefficient (Wildman–Crippen LogP) is 2.34. The van der Waals surface area contributed by atoms with Gasteiger partial charge in [-0.2, -0.15) is 0 Å². The summed E-state index contributed by atoms with van der Waals surface area (Å²) < 4.78 is 0. The Morgan fingerprint density at radius 1 is 1.11 bits per heavy atom. The Kier molecular flexibility index (Phi) is 3.71. The van der Waals surface area contributed by atoms with Crippen molar-refractivity contribution >= 4 is 11.6 Å². The van der Waals surface area contributed by atoms with Crippen LogP contribution in [0.1, 0.15) is 17.2 Å². The second-order valence-corrected chi connectivity index (χ2v) is 4.44. The minimum Gasteiger partial charge on any atom is -0.508 e. The van der Waals surface area contributed by atoms with Crippen molar-refractivity contribution in [3.8, 4) is 5.75 Å². The van der Waals surface area contributed by atoms with Crippen LogP contribution in [0.2, 0.25) is 0 Å². The second kappa shape index (κ2) is 5.44. The van der Waals surface area contributed by atoms with E-state index < -0.39 is 11.9 Å². The van der Waals surface area contributed by atoms with Crippen LogP contribution in [-0.2, 0) is 4.79 Å². The zero-order valence-corrected chi connectivity index (χ0v) is 10.6. The average Bonchev–Trinajstić information content (AvgIpc) is 2.39. The summed E-state index contributed by atoms with van der Waals surface area (Å²) >= 11 is 0. The van der Waals surface area contributed by atoms with Crippen molar-refractivity contribution in [2.24, 2.45) is 5.73 Å². The van der Waals surface area contributed by atoms with Crippen LogP contribution in [0.25, 0.3) is 0 Å². The number of phenolic OH excluding ortho intramolecular Hbond substituents is 1. The van der Waals surface area contributed by atoms with E-state index in [2.05, 4.69) is 5.32 Å². The predicted molar refractivity (Wildman–Crippen MR) is 74.8 cm³/mol. The highest BCUT2D eigenvalue weighted by Gasteiger charge is 2.17. The molecule has 0 spiro atoms. The van der Waals surface area contributed by atoms with Crippen LogP contribution >= 0.6 is 0 Å². The minimum atomic E-state index is -0.622. The van der Waals surface area contributed by atoms with E-state index in [-0.39, 0.29) is 5.75 Å². The Balaban J connectivity index is 2.23. The number of nitrogens with two attached hydrogens (primary N) is 1. The number of carbonyl (C=O) groups is 1. The van der Waals surface area contributed by atoms with E-state index in [0.717, 1.165) is 11.3 Å². The molecule has 1 unspecified atom stereocenters. The molecular formula is C15H16N2O2. The van der Waals surface area contributed by atoms with Gasteiger partial charge in [0.05, 0.1) is 0 Å². The van der Waals surface area contributed by atoms with Crippen molar-refractivity contribution in [3.05, 3.63) is 59.7 Å². The first-order valence-corrected chi connectivity index (χ1v) is 5.98. The number of benzene rings is 2. The largest absolute Gasteiger partial charge is 0.508 e. The van der Waals surface area contributed by atoms with Gasteiger partial charge in [-0.05, 0) is 36.8 Å². The van der Waals surface area contributed by atoms with Gasteiger partial charge in [-0.3, -0.25) is 4.79 Å². The summed E-state index contributed by atoms with van der Waals surface area (Å²) in [4.78, 5) is 11.6. The van der Waals surface area contributed by atoms with Crippen LogP contribution in [0.4, 0.5) is 5.69 Å². The van der Waals surface area contributed by atoms with Gasteiger partial charge >= 0.3 is 0 Å². The maximum absolute atomic E-state index is 11.6. The van der Waals surface area contributed by atoms with Gasteiger partial charge in [0.15, 0.2) is 0 Å². The molecule has 2 aromatic rings. The number of carbonyl (C=O) groups excluding carboxylic acids is 1. The first-order valence-electron chi connectivity index (χ1n) is 5.98. The first-order chi connectivity index (χ1) is 9.06. The van der Waals surface area contributed by atoms with Crippen LogP contribution in [0.5, 0.6) is 5.75 Å². The molecule has 1 atom stereocenters. The Labute approximate surface area is 111 Å². The Morgan fingerprint density at radius 2 is 1.68 bits per heavy atom. The summed E-state index contributed by atoms with van der Waals surface area (Å²) in [5.41, 5.74) is 8.10. The Morgan fingerprint density at radius 3 is 2.21 bits per heavy atom. The first kappa shape index (κ1) is 13.0. The van der Waals surface area contributed by atoms with Crippen molar-refractivity contribution in [2.45, 2.75) is 13.0 Å². The Hall–Kier alpha value is -2.49. The summed E-state index contributed by atoms with van der Waals surface area (Å²) in [5.74, 6) is -0.312. The molecule has 0 saturated carbocycles. The molecule has 2 aromatic carbocycles. The SMILES string of the molecule is Cc1ccc(NC(C(N)=O)c2ccc(O)cc2)cc1. The number of aromatic hydroxyl groups is 1. The van der Waals surface area contributed by atoms with Gasteiger partial charge in [0, 0.05) is 5.69 Å². The molecule has 0 saturated heterocycles. The fraction of sp³-hybridized carbons (Fsp3) is 0.133. The van der Waals surface area contributed by atoms with Crippen molar-refractivity contribution in [3.63, 3.8) is 0 Å². The maximum atomic E-state index is 11.6. The number of primary amides is 1. The van der Waals surface area contributed by atoms with Crippen LogP contribution in [-0.4, -0.2) is 11.0 Å². The molecule has 4 heteroatoms. The van der Waals surface area contributed by atoms with E-state index in [4.69, 9.17) is 5.73 Å². The average molecular weight is 256 g/mol. The fourth-order valence-corrected chi connectivity index (χ4v) is 1.80. The van der Waals surface area contributed by atoms with Gasteiger partial charge in [-0.15, -0.1) is 0 Å². The van der Waals surface area contributed by atoms with Gasteiger partial charge in [0.2, 0.25) is 5.91 Å². The normalized spacial score (nSPS) is 11.8. The molecule has 0 heterocycles. The van der Waals surface area contributed by atoms with Gasteiger partial charge in [-0.25, -0.2) is 0 Å². The number of hydrogen-bond donors (Lipinski definition) is 3. The molecule has 0 fully saturated rings. The molecule has 0 bridgehead atoms. The van der Waals surface area contributed by atoms with Gasteiger partial charge in [0.25, 0.3) is 0 Å². The maximum Gasteiger partial charge on any atom is 0.244 e. The molecule has 0 aliphatic carbocycles. The molecule has 0 aliphatic rings. The molecule has 4 nitrogen and oxygen atoms in total. The lowest BCUT2D eigenvalue weighted by molar-refractivity contribution is -0.118. The van der Waals surface area contributed by atoms with E-state index in [1.165, 1.54) is 12.1 Å². The lowest BCUT2D eigenvalue weighted by Crippen LogP contribution is -2.27. The summed E-state index contributed by atoms with van der Waals surface area (Å²) in [6, 6.07) is 13.5. The van der Waals surface area contributed by atoms with Crippen molar-refractivity contribution < 1.29 is 9.90 Å². The summed E-state index contributed by atoms with van der Waals surface area (Å²) in [5, 5.41) is 12.3. The summed E-state index contributed by atoms with van der Waals surface area (Å²) in [7, 11) is 0. The molecule has 0 radical (unpaired) electrons. The molecule has 98 valence electrons. The van der Waals surface area contributed by atoms with E-state index in [1.807, 2.05) is 31.2 Å².